The minimum absolute atomic E-state index is 0.0484. The summed E-state index contributed by atoms with van der Waals surface area (Å²) in [6, 6.07) is 5.43. The normalized spacial score (nSPS) is 46.6. The van der Waals surface area contributed by atoms with Crippen molar-refractivity contribution in [2.75, 3.05) is 0 Å². The van der Waals surface area contributed by atoms with Gasteiger partial charge < -0.3 is 4.90 Å². The Morgan fingerprint density at radius 1 is 0.650 bits per heavy atom. The van der Waals surface area contributed by atoms with Crippen molar-refractivity contribution in [1.82, 2.24) is 25.8 Å². The minimum atomic E-state index is 0.0484. The summed E-state index contributed by atoms with van der Waals surface area (Å²) in [4.78, 5) is 6.17. The molecule has 16 atom stereocenters. The highest BCUT2D eigenvalue weighted by atomic mass is 15.4. The molecule has 0 amide bonds. The lowest BCUT2D eigenvalue weighted by atomic mass is 9.69. The summed E-state index contributed by atoms with van der Waals surface area (Å²) in [5, 5.41) is 24.8. The molecule has 328 valence electrons. The van der Waals surface area contributed by atoms with E-state index in [2.05, 4.69) is 76.0 Å². The van der Waals surface area contributed by atoms with Gasteiger partial charge in [-0.05, 0) is 150 Å². The maximum Gasteiger partial charge on any atom is 0.0677 e. The second kappa shape index (κ2) is 17.6. The number of allylic oxidation sites excluding steroid dienone is 4. The Labute approximate surface area is 365 Å². The third-order valence-corrected chi connectivity index (χ3v) is 19.8. The van der Waals surface area contributed by atoms with Crippen molar-refractivity contribution in [1.29, 1.82) is 5.26 Å². The first-order valence-electron chi connectivity index (χ1n) is 26.5. The van der Waals surface area contributed by atoms with Crippen LogP contribution in [0.5, 0.6) is 0 Å². The molecule has 16 unspecified atom stereocenters. The van der Waals surface area contributed by atoms with Gasteiger partial charge in [-0.3, -0.25) is 20.9 Å². The van der Waals surface area contributed by atoms with Crippen LogP contribution in [0.2, 0.25) is 0 Å². The zero-order chi connectivity index (χ0) is 40.3. The van der Waals surface area contributed by atoms with Crippen LogP contribution in [0.15, 0.2) is 47.2 Å². The van der Waals surface area contributed by atoms with Crippen molar-refractivity contribution in [3.8, 4) is 6.07 Å². The fourth-order valence-electron chi connectivity index (χ4n) is 17.2. The van der Waals surface area contributed by atoms with Gasteiger partial charge >= 0.3 is 0 Å². The number of nitriles is 1. The van der Waals surface area contributed by atoms with Crippen LogP contribution >= 0.6 is 0 Å². The SMILES string of the molecule is CC1=CCCC2C3C=CCC(C)C3N(C3CC(N4C5=C(CCCC5)C5CCC=CC54)C(C#N)CC3C3NC(C4CCCCC4)NC(C4CCCC(C5CCCCC5)C4)N3)C12. The molecule has 60 heavy (non-hydrogen) atoms. The molecule has 0 aromatic rings. The van der Waals surface area contributed by atoms with Gasteiger partial charge in [0.25, 0.3) is 0 Å². The lowest BCUT2D eigenvalue weighted by molar-refractivity contribution is -0.0393. The predicted molar refractivity (Wildman–Crippen MR) is 244 cm³/mol. The summed E-state index contributed by atoms with van der Waals surface area (Å²) in [6.45, 7) is 5.10. The molecule has 3 N–H and O–H groups in total. The van der Waals surface area contributed by atoms with E-state index in [1.807, 2.05) is 0 Å². The van der Waals surface area contributed by atoms with Gasteiger partial charge in [-0.1, -0.05) is 107 Å². The molecule has 0 bridgehead atoms. The molecule has 0 radical (unpaired) electrons. The van der Waals surface area contributed by atoms with Crippen molar-refractivity contribution < 1.29 is 0 Å². The van der Waals surface area contributed by atoms with Crippen molar-refractivity contribution in [2.24, 2.45) is 59.2 Å². The molecule has 0 spiro atoms. The third kappa shape index (κ3) is 7.36. The van der Waals surface area contributed by atoms with Crippen LogP contribution in [0.4, 0.5) is 0 Å². The van der Waals surface area contributed by atoms with Crippen LogP contribution in [0.25, 0.3) is 0 Å². The second-order valence-electron chi connectivity index (χ2n) is 22.9. The van der Waals surface area contributed by atoms with E-state index in [0.29, 0.717) is 77.9 Å². The molecule has 11 aliphatic rings. The first-order chi connectivity index (χ1) is 29.6. The van der Waals surface area contributed by atoms with Gasteiger partial charge in [0.05, 0.1) is 36.5 Å². The number of fused-ring (bicyclic) bond motifs is 5. The molecule has 3 aliphatic heterocycles. The molecule has 6 nitrogen and oxygen atoms in total. The van der Waals surface area contributed by atoms with E-state index < -0.39 is 0 Å². The summed E-state index contributed by atoms with van der Waals surface area (Å²) in [5.41, 5.74) is 5.13. The molecular formula is C54H82N6. The summed E-state index contributed by atoms with van der Waals surface area (Å²) < 4.78 is 0. The smallest absolute Gasteiger partial charge is 0.0677 e. The number of rotatable bonds is 6. The van der Waals surface area contributed by atoms with Gasteiger partial charge in [-0.25, -0.2) is 0 Å². The summed E-state index contributed by atoms with van der Waals surface area (Å²) in [7, 11) is 0. The van der Waals surface area contributed by atoms with Crippen LogP contribution in [0.3, 0.4) is 0 Å². The van der Waals surface area contributed by atoms with Gasteiger partial charge in [-0.15, -0.1) is 0 Å². The fraction of sp³-hybridized carbons (Fsp3) is 0.833. The van der Waals surface area contributed by atoms with E-state index in [1.165, 1.54) is 148 Å². The van der Waals surface area contributed by atoms with Crippen molar-refractivity contribution >= 4 is 0 Å². The van der Waals surface area contributed by atoms with Crippen LogP contribution in [0, 0.1) is 70.5 Å². The van der Waals surface area contributed by atoms with E-state index in [0.717, 1.165) is 24.7 Å². The maximum atomic E-state index is 11.5. The highest BCUT2D eigenvalue weighted by Gasteiger charge is 2.59. The second-order valence-corrected chi connectivity index (χ2v) is 22.9. The van der Waals surface area contributed by atoms with Gasteiger partial charge in [-0.2, -0.15) is 5.26 Å². The lowest BCUT2D eigenvalue weighted by Gasteiger charge is -2.56. The molecule has 8 aliphatic carbocycles. The maximum absolute atomic E-state index is 11.5. The van der Waals surface area contributed by atoms with Crippen molar-refractivity contribution in [2.45, 2.75) is 223 Å². The number of hydrogen-bond donors (Lipinski definition) is 3. The average molecular weight is 815 g/mol. The highest BCUT2D eigenvalue weighted by molar-refractivity contribution is 5.34. The Morgan fingerprint density at radius 2 is 1.38 bits per heavy atom. The van der Waals surface area contributed by atoms with Crippen LogP contribution in [-0.2, 0) is 0 Å². The molecule has 4 saturated carbocycles. The monoisotopic (exact) mass is 815 g/mol. The average Bonchev–Trinajstić information content (AvgIpc) is 3.84. The van der Waals surface area contributed by atoms with Crippen LogP contribution in [0.1, 0.15) is 174 Å². The Bertz CT molecular complexity index is 1690. The molecule has 0 aromatic carbocycles. The van der Waals surface area contributed by atoms with Crippen molar-refractivity contribution in [3.05, 3.63) is 47.2 Å². The molecule has 2 saturated heterocycles. The van der Waals surface area contributed by atoms with Crippen LogP contribution in [-0.4, -0.2) is 58.5 Å². The van der Waals surface area contributed by atoms with Gasteiger partial charge in [0, 0.05) is 41.7 Å². The standard InChI is InChI=1S/C54H82N6/c1-34-16-13-26-43-44-27-14-17-35(2)51(44)60(50(34)43)49-32-48(59-46-28-11-9-24-41(46)42-25-10-12-29-47(42)59)40(33-55)31-45(49)54-57-52(37-20-7-4-8-21-37)56-53(58-54)39-23-15-22-38(30-39)36-18-5-3-6-19-36/h11,13,17,26,28,34,36-41,43-46,48-54,56-58H,3-10,12,14-16,18-25,27,29-32H2,1-2H3. The number of nitrogens with zero attached hydrogens (tertiary/aromatic N) is 3. The van der Waals surface area contributed by atoms with Gasteiger partial charge in [0.15, 0.2) is 0 Å². The zero-order valence-electron chi connectivity index (χ0n) is 37.8. The number of nitrogens with one attached hydrogen (secondary N) is 3. The quantitative estimate of drug-likeness (QED) is 0.232. The Kier molecular flexibility index (Phi) is 12.0. The molecular weight excluding hydrogens is 733 g/mol. The minimum Gasteiger partial charge on any atom is -0.363 e. The van der Waals surface area contributed by atoms with E-state index in [-0.39, 0.29) is 18.1 Å². The van der Waals surface area contributed by atoms with E-state index in [1.54, 1.807) is 16.8 Å². The fourth-order valence-corrected chi connectivity index (χ4v) is 17.2. The molecule has 3 heterocycles. The summed E-state index contributed by atoms with van der Waals surface area (Å²) in [5.74, 6) is 6.42. The van der Waals surface area contributed by atoms with Gasteiger partial charge in [0.1, 0.15) is 0 Å². The number of likely N-dealkylation sites (tertiary alicyclic amines) is 1. The van der Waals surface area contributed by atoms with Gasteiger partial charge in [0.2, 0.25) is 0 Å². The van der Waals surface area contributed by atoms with E-state index in [9.17, 15) is 5.26 Å². The summed E-state index contributed by atoms with van der Waals surface area (Å²) in [6.07, 6.45) is 47.4. The van der Waals surface area contributed by atoms with E-state index in [4.69, 9.17) is 0 Å². The predicted octanol–water partition coefficient (Wildman–Crippen LogP) is 11.1. The van der Waals surface area contributed by atoms with E-state index >= 15 is 0 Å². The van der Waals surface area contributed by atoms with Crippen molar-refractivity contribution in [3.63, 3.8) is 0 Å². The third-order valence-electron chi connectivity index (χ3n) is 19.8. The topological polar surface area (TPSA) is 66.4 Å². The Morgan fingerprint density at radius 3 is 2.20 bits per heavy atom. The number of hydrogen-bond acceptors (Lipinski definition) is 6. The molecule has 6 heteroatoms. The lowest BCUT2D eigenvalue weighted by Crippen LogP contribution is -2.75. The Balaban J connectivity index is 0.976. The zero-order valence-corrected chi connectivity index (χ0v) is 37.8. The largest absolute Gasteiger partial charge is 0.363 e. The molecule has 11 rings (SSSR count). The first-order valence-corrected chi connectivity index (χ1v) is 26.5. The molecule has 6 fully saturated rings. The highest BCUT2D eigenvalue weighted by Crippen LogP contribution is 2.55. The first kappa shape index (κ1) is 40.8. The summed E-state index contributed by atoms with van der Waals surface area (Å²) >= 11 is 0. The Hall–Kier alpha value is -1.91. The van der Waals surface area contributed by atoms with Crippen LogP contribution < -0.4 is 16.0 Å². The molecule has 0 aromatic heterocycles.